The maximum Gasteiger partial charge on any atom is 0.305 e. The molecule has 0 aromatic carbocycles. The van der Waals surface area contributed by atoms with E-state index in [9.17, 15) is 4.79 Å². The molecule has 0 saturated carbocycles. The van der Waals surface area contributed by atoms with Gasteiger partial charge in [-0.25, -0.2) is 0 Å². The van der Waals surface area contributed by atoms with Crippen molar-refractivity contribution in [3.05, 3.63) is 0 Å². The number of unbranched alkanes of at least 4 members (excludes halogenated alkanes) is 5. The molecular weight excluding hydrogens is 320 g/mol. The van der Waals surface area contributed by atoms with Crippen molar-refractivity contribution < 1.29 is 9.53 Å². The SMILES string of the molecule is CCCCOC(=O)CCCCCCCC(C)CCC(C)CCC(C)CC. The average molecular weight is 369 g/mol. The first-order valence-corrected chi connectivity index (χ1v) is 11.6. The van der Waals surface area contributed by atoms with E-state index in [0.29, 0.717) is 13.0 Å². The molecule has 0 aromatic rings. The molecule has 0 bridgehead atoms. The van der Waals surface area contributed by atoms with Crippen molar-refractivity contribution in [1.29, 1.82) is 0 Å². The van der Waals surface area contributed by atoms with Gasteiger partial charge in [0.2, 0.25) is 0 Å². The predicted octanol–water partition coefficient (Wildman–Crippen LogP) is 7.94. The van der Waals surface area contributed by atoms with Gasteiger partial charge in [-0.05, 0) is 30.6 Å². The molecule has 3 atom stereocenters. The summed E-state index contributed by atoms with van der Waals surface area (Å²) in [7, 11) is 0. The van der Waals surface area contributed by atoms with E-state index in [0.717, 1.165) is 37.0 Å². The van der Waals surface area contributed by atoms with E-state index < -0.39 is 0 Å². The van der Waals surface area contributed by atoms with Crippen LogP contribution in [0.1, 0.15) is 125 Å². The molecule has 0 heterocycles. The zero-order chi connectivity index (χ0) is 19.6. The molecule has 0 rings (SSSR count). The number of carbonyl (C=O) groups excluding carboxylic acids is 1. The fraction of sp³-hybridized carbons (Fsp3) is 0.958. The molecule has 0 amide bonds. The second kappa shape index (κ2) is 17.9. The van der Waals surface area contributed by atoms with Crippen molar-refractivity contribution in [3.63, 3.8) is 0 Å². The highest BCUT2D eigenvalue weighted by atomic mass is 16.5. The first-order chi connectivity index (χ1) is 12.5. The summed E-state index contributed by atoms with van der Waals surface area (Å²) in [6.45, 7) is 12.3. The molecule has 0 aliphatic heterocycles. The quantitative estimate of drug-likeness (QED) is 0.181. The van der Waals surface area contributed by atoms with Crippen molar-refractivity contribution in [1.82, 2.24) is 0 Å². The minimum atomic E-state index is -0.00507. The molecule has 0 aliphatic carbocycles. The molecule has 0 saturated heterocycles. The fourth-order valence-electron chi connectivity index (χ4n) is 3.33. The highest BCUT2D eigenvalue weighted by molar-refractivity contribution is 5.69. The molecule has 0 radical (unpaired) electrons. The third-order valence-electron chi connectivity index (χ3n) is 5.84. The highest BCUT2D eigenvalue weighted by Crippen LogP contribution is 2.23. The Bertz CT molecular complexity index is 313. The van der Waals surface area contributed by atoms with Crippen LogP contribution in [0, 0.1) is 17.8 Å². The van der Waals surface area contributed by atoms with Crippen LogP contribution in [0.4, 0.5) is 0 Å². The Hall–Kier alpha value is -0.530. The largest absolute Gasteiger partial charge is 0.466 e. The summed E-state index contributed by atoms with van der Waals surface area (Å²) in [6, 6.07) is 0. The maximum absolute atomic E-state index is 11.5. The van der Waals surface area contributed by atoms with Gasteiger partial charge >= 0.3 is 5.97 Å². The number of rotatable bonds is 18. The number of hydrogen-bond acceptors (Lipinski definition) is 2. The molecule has 0 N–H and O–H groups in total. The van der Waals surface area contributed by atoms with Crippen molar-refractivity contribution in [2.75, 3.05) is 6.61 Å². The van der Waals surface area contributed by atoms with Crippen LogP contribution in [0.3, 0.4) is 0 Å². The van der Waals surface area contributed by atoms with Gasteiger partial charge in [0.05, 0.1) is 6.61 Å². The Morgan fingerprint density at radius 1 is 0.692 bits per heavy atom. The van der Waals surface area contributed by atoms with Crippen molar-refractivity contribution in [2.24, 2.45) is 17.8 Å². The van der Waals surface area contributed by atoms with Crippen LogP contribution < -0.4 is 0 Å². The van der Waals surface area contributed by atoms with Gasteiger partial charge in [0.15, 0.2) is 0 Å². The van der Waals surface area contributed by atoms with Crippen LogP contribution in [0.5, 0.6) is 0 Å². The average Bonchev–Trinajstić information content (AvgIpc) is 2.63. The lowest BCUT2D eigenvalue weighted by molar-refractivity contribution is -0.143. The number of carbonyl (C=O) groups is 1. The molecule has 0 fully saturated rings. The Morgan fingerprint density at radius 2 is 1.23 bits per heavy atom. The van der Waals surface area contributed by atoms with Crippen LogP contribution in [-0.4, -0.2) is 12.6 Å². The van der Waals surface area contributed by atoms with E-state index in [4.69, 9.17) is 4.74 Å². The number of hydrogen-bond donors (Lipinski definition) is 0. The second-order valence-electron chi connectivity index (χ2n) is 8.76. The van der Waals surface area contributed by atoms with E-state index in [1.165, 1.54) is 64.2 Å². The Kier molecular flexibility index (Phi) is 17.5. The topological polar surface area (TPSA) is 26.3 Å². The van der Waals surface area contributed by atoms with E-state index in [-0.39, 0.29) is 5.97 Å². The van der Waals surface area contributed by atoms with E-state index in [2.05, 4.69) is 34.6 Å². The normalized spacial score (nSPS) is 14.8. The van der Waals surface area contributed by atoms with Gasteiger partial charge in [0.25, 0.3) is 0 Å². The lowest BCUT2D eigenvalue weighted by Crippen LogP contribution is -2.05. The number of ether oxygens (including phenoxy) is 1. The van der Waals surface area contributed by atoms with Crippen LogP contribution in [-0.2, 0) is 9.53 Å². The summed E-state index contributed by atoms with van der Waals surface area (Å²) >= 11 is 0. The van der Waals surface area contributed by atoms with Gasteiger partial charge in [-0.2, -0.15) is 0 Å². The Balaban J connectivity index is 3.43. The highest BCUT2D eigenvalue weighted by Gasteiger charge is 2.09. The van der Waals surface area contributed by atoms with E-state index in [1.54, 1.807) is 0 Å². The molecule has 2 heteroatoms. The maximum atomic E-state index is 11.5. The van der Waals surface area contributed by atoms with E-state index in [1.807, 2.05) is 0 Å². The van der Waals surface area contributed by atoms with Gasteiger partial charge in [-0.1, -0.05) is 105 Å². The molecule has 26 heavy (non-hydrogen) atoms. The molecular formula is C24H48O2. The third kappa shape index (κ3) is 16.9. The van der Waals surface area contributed by atoms with Crippen molar-refractivity contribution >= 4 is 5.97 Å². The summed E-state index contributed by atoms with van der Waals surface area (Å²) in [5.74, 6) is 2.65. The van der Waals surface area contributed by atoms with Gasteiger partial charge in [-0.3, -0.25) is 4.79 Å². The first kappa shape index (κ1) is 25.5. The molecule has 156 valence electrons. The van der Waals surface area contributed by atoms with Gasteiger partial charge in [0.1, 0.15) is 0 Å². The smallest absolute Gasteiger partial charge is 0.305 e. The summed E-state index contributed by atoms with van der Waals surface area (Å²) in [5.41, 5.74) is 0. The van der Waals surface area contributed by atoms with Gasteiger partial charge in [-0.15, -0.1) is 0 Å². The minimum absolute atomic E-state index is 0.00507. The Labute approximate surface area is 164 Å². The van der Waals surface area contributed by atoms with Crippen LogP contribution in [0.25, 0.3) is 0 Å². The van der Waals surface area contributed by atoms with Crippen molar-refractivity contribution in [2.45, 2.75) is 125 Å². The Morgan fingerprint density at radius 3 is 1.85 bits per heavy atom. The molecule has 3 unspecified atom stereocenters. The van der Waals surface area contributed by atoms with Crippen LogP contribution in [0.15, 0.2) is 0 Å². The van der Waals surface area contributed by atoms with Gasteiger partial charge < -0.3 is 4.74 Å². The minimum Gasteiger partial charge on any atom is -0.466 e. The summed E-state index contributed by atoms with van der Waals surface area (Å²) in [4.78, 5) is 11.5. The van der Waals surface area contributed by atoms with Crippen molar-refractivity contribution in [3.8, 4) is 0 Å². The summed E-state index contributed by atoms with van der Waals surface area (Å²) in [6.07, 6.45) is 17.1. The zero-order valence-electron chi connectivity index (χ0n) is 18.7. The third-order valence-corrected chi connectivity index (χ3v) is 5.84. The standard InChI is InChI=1S/C24H48O2/c1-6-8-20-26-24(25)15-13-11-9-10-12-14-22(4)18-19-23(5)17-16-21(3)7-2/h21-23H,6-20H2,1-5H3. The van der Waals surface area contributed by atoms with Crippen LogP contribution in [0.2, 0.25) is 0 Å². The molecule has 0 spiro atoms. The lowest BCUT2D eigenvalue weighted by atomic mass is 9.89. The lowest BCUT2D eigenvalue weighted by Gasteiger charge is -2.17. The zero-order valence-corrected chi connectivity index (χ0v) is 18.7. The second-order valence-corrected chi connectivity index (χ2v) is 8.76. The molecule has 2 nitrogen and oxygen atoms in total. The fourth-order valence-corrected chi connectivity index (χ4v) is 3.33. The molecule has 0 aliphatic rings. The van der Waals surface area contributed by atoms with E-state index >= 15 is 0 Å². The number of esters is 1. The van der Waals surface area contributed by atoms with Crippen LogP contribution >= 0.6 is 0 Å². The van der Waals surface area contributed by atoms with Gasteiger partial charge in [0, 0.05) is 6.42 Å². The summed E-state index contributed by atoms with van der Waals surface area (Å²) < 4.78 is 5.19. The predicted molar refractivity (Wildman–Crippen MR) is 114 cm³/mol. The monoisotopic (exact) mass is 368 g/mol. The molecule has 0 aromatic heterocycles. The first-order valence-electron chi connectivity index (χ1n) is 11.6. The summed E-state index contributed by atoms with van der Waals surface area (Å²) in [5, 5.41) is 0.